The van der Waals surface area contributed by atoms with E-state index in [-0.39, 0.29) is 6.61 Å². The van der Waals surface area contributed by atoms with Gasteiger partial charge in [0.25, 0.3) is 0 Å². The van der Waals surface area contributed by atoms with Crippen molar-refractivity contribution in [3.8, 4) is 0 Å². The lowest BCUT2D eigenvalue weighted by atomic mass is 10.0. The standard InChI is InChI=1S/C18H26O5/c1-13(14-9-7-6-8-10-14)11-15(19)16-12-22-17(2,20-4)18(3,21-5)23-16/h6-11,15-16,19H,12H2,1-5H3/b13-11+/t15-,16-,17+,18+/m0/s1. The van der Waals surface area contributed by atoms with Gasteiger partial charge < -0.3 is 24.1 Å². The quantitative estimate of drug-likeness (QED) is 0.903. The molecule has 0 saturated carbocycles. The van der Waals surface area contributed by atoms with Gasteiger partial charge in [-0.1, -0.05) is 30.3 Å². The summed E-state index contributed by atoms with van der Waals surface area (Å²) < 4.78 is 22.6. The second-order valence-corrected chi connectivity index (χ2v) is 5.97. The van der Waals surface area contributed by atoms with Crippen LogP contribution in [0.1, 0.15) is 26.3 Å². The van der Waals surface area contributed by atoms with Crippen LogP contribution in [0.5, 0.6) is 0 Å². The molecule has 0 aromatic heterocycles. The summed E-state index contributed by atoms with van der Waals surface area (Å²) in [6.07, 6.45) is 0.419. The molecular formula is C18H26O5. The zero-order valence-electron chi connectivity index (χ0n) is 14.4. The highest BCUT2D eigenvalue weighted by Crippen LogP contribution is 2.37. The van der Waals surface area contributed by atoms with E-state index in [0.29, 0.717) is 0 Å². The highest BCUT2D eigenvalue weighted by atomic mass is 16.8. The molecule has 1 aromatic carbocycles. The Morgan fingerprint density at radius 3 is 2.39 bits per heavy atom. The molecule has 2 rings (SSSR count). The van der Waals surface area contributed by atoms with Crippen LogP contribution in [-0.2, 0) is 18.9 Å². The summed E-state index contributed by atoms with van der Waals surface area (Å²) in [5.74, 6) is -2.14. The maximum atomic E-state index is 10.5. The van der Waals surface area contributed by atoms with Gasteiger partial charge in [0.05, 0.1) is 6.61 Å². The number of hydrogen-bond acceptors (Lipinski definition) is 5. The van der Waals surface area contributed by atoms with Gasteiger partial charge in [0, 0.05) is 14.2 Å². The lowest BCUT2D eigenvalue weighted by Crippen LogP contribution is -2.63. The number of ether oxygens (including phenoxy) is 4. The third kappa shape index (κ3) is 3.65. The first kappa shape index (κ1) is 18.1. The number of benzene rings is 1. The van der Waals surface area contributed by atoms with Crippen LogP contribution in [0.2, 0.25) is 0 Å². The third-order valence-corrected chi connectivity index (χ3v) is 4.53. The molecule has 128 valence electrons. The molecule has 0 unspecified atom stereocenters. The van der Waals surface area contributed by atoms with Crippen molar-refractivity contribution in [1.82, 2.24) is 0 Å². The minimum absolute atomic E-state index is 0.211. The predicted octanol–water partition coefficient (Wildman–Crippen LogP) is 2.59. The first-order valence-corrected chi connectivity index (χ1v) is 7.69. The predicted molar refractivity (Wildman–Crippen MR) is 87.8 cm³/mol. The van der Waals surface area contributed by atoms with Crippen LogP contribution < -0.4 is 0 Å². The number of methoxy groups -OCH3 is 2. The van der Waals surface area contributed by atoms with Crippen molar-refractivity contribution in [2.24, 2.45) is 0 Å². The highest BCUT2D eigenvalue weighted by molar-refractivity contribution is 5.63. The fourth-order valence-corrected chi connectivity index (χ4v) is 2.61. The van der Waals surface area contributed by atoms with Crippen LogP contribution in [0.3, 0.4) is 0 Å². The molecule has 23 heavy (non-hydrogen) atoms. The molecule has 0 bridgehead atoms. The van der Waals surface area contributed by atoms with Gasteiger partial charge in [0.1, 0.15) is 12.2 Å². The van der Waals surface area contributed by atoms with Crippen molar-refractivity contribution in [2.45, 2.75) is 44.6 Å². The van der Waals surface area contributed by atoms with Gasteiger partial charge in [-0.15, -0.1) is 0 Å². The summed E-state index contributed by atoms with van der Waals surface area (Å²) >= 11 is 0. The van der Waals surface area contributed by atoms with Crippen LogP contribution in [0, 0.1) is 0 Å². The Morgan fingerprint density at radius 1 is 1.22 bits per heavy atom. The van der Waals surface area contributed by atoms with Gasteiger partial charge in [0.2, 0.25) is 11.6 Å². The Bertz CT molecular complexity index is 544. The molecule has 5 heteroatoms. The molecule has 0 amide bonds. The molecule has 5 nitrogen and oxygen atoms in total. The minimum atomic E-state index is -1.11. The molecule has 0 spiro atoms. The lowest BCUT2D eigenvalue weighted by molar-refractivity contribution is -0.435. The first-order chi connectivity index (χ1) is 10.8. The topological polar surface area (TPSA) is 57.2 Å². The van der Waals surface area contributed by atoms with E-state index in [1.54, 1.807) is 19.9 Å². The van der Waals surface area contributed by atoms with E-state index in [0.717, 1.165) is 11.1 Å². The number of aliphatic hydroxyl groups excluding tert-OH is 1. The van der Waals surface area contributed by atoms with Crippen molar-refractivity contribution >= 4 is 5.57 Å². The summed E-state index contributed by atoms with van der Waals surface area (Å²) in [7, 11) is 3.07. The van der Waals surface area contributed by atoms with Crippen LogP contribution >= 0.6 is 0 Å². The third-order valence-electron chi connectivity index (χ3n) is 4.53. The second-order valence-electron chi connectivity index (χ2n) is 5.97. The normalized spacial score (nSPS) is 33.5. The summed E-state index contributed by atoms with van der Waals surface area (Å²) in [5.41, 5.74) is 2.03. The monoisotopic (exact) mass is 322 g/mol. The van der Waals surface area contributed by atoms with Gasteiger partial charge >= 0.3 is 0 Å². The van der Waals surface area contributed by atoms with Crippen molar-refractivity contribution in [3.05, 3.63) is 42.0 Å². The Hall–Kier alpha value is -1.24. The molecule has 1 fully saturated rings. The number of allylic oxidation sites excluding steroid dienone is 1. The molecule has 1 aliphatic rings. The number of rotatable bonds is 5. The summed E-state index contributed by atoms with van der Waals surface area (Å²) in [6.45, 7) is 5.66. The second kappa shape index (κ2) is 7.11. The Morgan fingerprint density at radius 2 is 1.83 bits per heavy atom. The van der Waals surface area contributed by atoms with Crippen LogP contribution in [0.25, 0.3) is 5.57 Å². The Balaban J connectivity index is 2.14. The van der Waals surface area contributed by atoms with E-state index in [4.69, 9.17) is 18.9 Å². The smallest absolute Gasteiger partial charge is 0.220 e. The van der Waals surface area contributed by atoms with Gasteiger partial charge in [-0.2, -0.15) is 0 Å². The Kier molecular flexibility index (Phi) is 5.60. The van der Waals surface area contributed by atoms with Crippen LogP contribution in [0.15, 0.2) is 36.4 Å². The van der Waals surface area contributed by atoms with Crippen molar-refractivity contribution in [1.29, 1.82) is 0 Å². The molecule has 1 N–H and O–H groups in total. The molecule has 0 aliphatic carbocycles. The molecular weight excluding hydrogens is 296 g/mol. The van der Waals surface area contributed by atoms with E-state index in [2.05, 4.69) is 0 Å². The number of hydrogen-bond donors (Lipinski definition) is 1. The first-order valence-electron chi connectivity index (χ1n) is 7.69. The van der Waals surface area contributed by atoms with Crippen molar-refractivity contribution in [3.63, 3.8) is 0 Å². The molecule has 4 atom stereocenters. The summed E-state index contributed by atoms with van der Waals surface area (Å²) in [5, 5.41) is 10.5. The molecule has 1 aliphatic heterocycles. The highest BCUT2D eigenvalue weighted by Gasteiger charge is 2.54. The average molecular weight is 322 g/mol. The summed E-state index contributed by atoms with van der Waals surface area (Å²) in [6, 6.07) is 9.88. The van der Waals surface area contributed by atoms with Gasteiger partial charge in [-0.25, -0.2) is 0 Å². The van der Waals surface area contributed by atoms with Gasteiger partial charge in [-0.05, 0) is 38.0 Å². The molecule has 1 saturated heterocycles. The fourth-order valence-electron chi connectivity index (χ4n) is 2.61. The Labute approximate surface area is 137 Å². The van der Waals surface area contributed by atoms with E-state index in [9.17, 15) is 5.11 Å². The van der Waals surface area contributed by atoms with E-state index in [1.165, 1.54) is 14.2 Å². The molecule has 0 radical (unpaired) electrons. The number of aliphatic hydroxyl groups is 1. The van der Waals surface area contributed by atoms with Crippen molar-refractivity contribution < 1.29 is 24.1 Å². The molecule has 1 heterocycles. The van der Waals surface area contributed by atoms with Gasteiger partial charge in [-0.3, -0.25) is 0 Å². The summed E-state index contributed by atoms with van der Waals surface area (Å²) in [4.78, 5) is 0. The maximum Gasteiger partial charge on any atom is 0.220 e. The van der Waals surface area contributed by atoms with Crippen molar-refractivity contribution in [2.75, 3.05) is 20.8 Å². The largest absolute Gasteiger partial charge is 0.386 e. The minimum Gasteiger partial charge on any atom is -0.386 e. The van der Waals surface area contributed by atoms with E-state index < -0.39 is 23.8 Å². The zero-order chi connectivity index (χ0) is 17.1. The van der Waals surface area contributed by atoms with E-state index in [1.807, 2.05) is 37.3 Å². The lowest BCUT2D eigenvalue weighted by Gasteiger charge is -2.49. The van der Waals surface area contributed by atoms with Gasteiger partial charge in [0.15, 0.2) is 0 Å². The molecule has 1 aromatic rings. The van der Waals surface area contributed by atoms with Crippen LogP contribution in [-0.4, -0.2) is 49.7 Å². The SMILES string of the molecule is CO[C@]1(C)OC[C@@H]([C@@H](O)/C=C(\C)c2ccccc2)O[C@@]1(C)OC. The fraction of sp³-hybridized carbons (Fsp3) is 0.556. The average Bonchev–Trinajstić information content (AvgIpc) is 2.58. The zero-order valence-corrected chi connectivity index (χ0v) is 14.4. The maximum absolute atomic E-state index is 10.5. The van der Waals surface area contributed by atoms with Crippen LogP contribution in [0.4, 0.5) is 0 Å². The van der Waals surface area contributed by atoms with E-state index >= 15 is 0 Å².